The zero-order chi connectivity index (χ0) is 13.4. The van der Waals surface area contributed by atoms with E-state index in [2.05, 4.69) is 36.7 Å². The predicted octanol–water partition coefficient (Wildman–Crippen LogP) is 4.24. The summed E-state index contributed by atoms with van der Waals surface area (Å²) < 4.78 is 0. The van der Waals surface area contributed by atoms with Crippen LogP contribution in [0.1, 0.15) is 28.8 Å². The summed E-state index contributed by atoms with van der Waals surface area (Å²) in [6.45, 7) is 8.35. The monoisotopic (exact) mass is 248 g/mol. The van der Waals surface area contributed by atoms with E-state index in [4.69, 9.17) is 4.99 Å². The van der Waals surface area contributed by atoms with Gasteiger partial charge in [-0.2, -0.15) is 0 Å². The fraction of sp³-hybridized carbons (Fsp3) is 0.176. The van der Waals surface area contributed by atoms with Gasteiger partial charge in [0.1, 0.15) is 0 Å². The van der Waals surface area contributed by atoms with Crippen molar-refractivity contribution in [1.29, 1.82) is 0 Å². The van der Waals surface area contributed by atoms with Crippen molar-refractivity contribution in [1.82, 2.24) is 4.98 Å². The molecule has 0 aliphatic carbocycles. The van der Waals surface area contributed by atoms with Gasteiger partial charge in [0, 0.05) is 29.4 Å². The largest absolute Gasteiger partial charge is 0.261 e. The number of hydrogen-bond acceptors (Lipinski definition) is 2. The first-order chi connectivity index (χ1) is 9.16. The van der Waals surface area contributed by atoms with Crippen LogP contribution in [0.25, 0.3) is 5.57 Å². The van der Waals surface area contributed by atoms with Crippen molar-refractivity contribution in [3.8, 4) is 0 Å². The summed E-state index contributed by atoms with van der Waals surface area (Å²) >= 11 is 0. The van der Waals surface area contributed by atoms with Gasteiger partial charge in [0.15, 0.2) is 0 Å². The van der Waals surface area contributed by atoms with E-state index in [1.54, 1.807) is 0 Å². The molecule has 19 heavy (non-hydrogen) atoms. The maximum atomic E-state index is 4.80. The molecule has 1 aliphatic rings. The number of allylic oxidation sites excluding steroid dienone is 1. The first-order valence-corrected chi connectivity index (χ1v) is 6.44. The lowest BCUT2D eigenvalue weighted by atomic mass is 9.90. The Morgan fingerprint density at radius 1 is 1.11 bits per heavy atom. The van der Waals surface area contributed by atoms with E-state index in [9.17, 15) is 0 Å². The molecule has 0 unspecified atom stereocenters. The second kappa shape index (κ2) is 4.47. The van der Waals surface area contributed by atoms with E-state index in [0.717, 1.165) is 34.7 Å². The fourth-order valence-electron chi connectivity index (χ4n) is 2.63. The number of rotatable bonds is 1. The molecule has 0 spiro atoms. The molecule has 1 aromatic heterocycles. The lowest BCUT2D eigenvalue weighted by Crippen LogP contribution is -2.09. The summed E-state index contributed by atoms with van der Waals surface area (Å²) in [5.74, 6) is 0. The molecular weight excluding hydrogens is 232 g/mol. The second-order valence-corrected chi connectivity index (χ2v) is 4.94. The molecular formula is C17H16N2. The highest BCUT2D eigenvalue weighted by molar-refractivity contribution is 6.11. The molecule has 2 aromatic rings. The number of aliphatic imine (C=N–C) groups is 1. The Bertz CT molecular complexity index is 696. The molecule has 94 valence electrons. The SMILES string of the molecule is C=C1CC(c2cccnc2C)=Nc2cccc(C)c21. The first kappa shape index (κ1) is 11.8. The maximum Gasteiger partial charge on any atom is 0.0711 e. The number of benzene rings is 1. The lowest BCUT2D eigenvalue weighted by Gasteiger charge is -2.20. The van der Waals surface area contributed by atoms with Crippen molar-refractivity contribution in [2.24, 2.45) is 4.99 Å². The predicted molar refractivity (Wildman–Crippen MR) is 80.0 cm³/mol. The fourth-order valence-corrected chi connectivity index (χ4v) is 2.63. The van der Waals surface area contributed by atoms with Crippen molar-refractivity contribution in [2.45, 2.75) is 20.3 Å². The van der Waals surface area contributed by atoms with E-state index >= 15 is 0 Å². The van der Waals surface area contributed by atoms with E-state index in [1.807, 2.05) is 25.3 Å². The second-order valence-electron chi connectivity index (χ2n) is 4.94. The van der Waals surface area contributed by atoms with Gasteiger partial charge in [-0.15, -0.1) is 0 Å². The topological polar surface area (TPSA) is 25.2 Å². The van der Waals surface area contributed by atoms with Crippen molar-refractivity contribution in [3.05, 3.63) is 65.5 Å². The quantitative estimate of drug-likeness (QED) is 0.741. The Balaban J connectivity index is 2.17. The smallest absolute Gasteiger partial charge is 0.0711 e. The highest BCUT2D eigenvalue weighted by Crippen LogP contribution is 2.36. The van der Waals surface area contributed by atoms with Gasteiger partial charge in [-0.25, -0.2) is 0 Å². The van der Waals surface area contributed by atoms with Crippen LogP contribution >= 0.6 is 0 Å². The van der Waals surface area contributed by atoms with Gasteiger partial charge >= 0.3 is 0 Å². The molecule has 2 heteroatoms. The molecule has 2 heterocycles. The summed E-state index contributed by atoms with van der Waals surface area (Å²) in [6, 6.07) is 10.2. The van der Waals surface area contributed by atoms with E-state index in [-0.39, 0.29) is 0 Å². The van der Waals surface area contributed by atoms with Gasteiger partial charge in [-0.05, 0) is 43.2 Å². The molecule has 0 fully saturated rings. The molecule has 0 atom stereocenters. The molecule has 0 radical (unpaired) electrons. The van der Waals surface area contributed by atoms with Crippen molar-refractivity contribution in [3.63, 3.8) is 0 Å². The number of aromatic nitrogens is 1. The lowest BCUT2D eigenvalue weighted by molar-refractivity contribution is 1.17. The molecule has 0 N–H and O–H groups in total. The van der Waals surface area contributed by atoms with Crippen LogP contribution in [0.4, 0.5) is 5.69 Å². The summed E-state index contributed by atoms with van der Waals surface area (Å²) in [4.78, 5) is 9.15. The highest BCUT2D eigenvalue weighted by atomic mass is 14.8. The Morgan fingerprint density at radius 2 is 1.95 bits per heavy atom. The number of hydrogen-bond donors (Lipinski definition) is 0. The van der Waals surface area contributed by atoms with Crippen molar-refractivity contribution in [2.75, 3.05) is 0 Å². The number of fused-ring (bicyclic) bond motifs is 1. The third-order valence-corrected chi connectivity index (χ3v) is 3.56. The molecule has 2 nitrogen and oxygen atoms in total. The van der Waals surface area contributed by atoms with Crippen LogP contribution in [0.15, 0.2) is 48.1 Å². The summed E-state index contributed by atoms with van der Waals surface area (Å²) in [6.07, 6.45) is 2.61. The molecule has 0 saturated carbocycles. The number of nitrogens with zero attached hydrogens (tertiary/aromatic N) is 2. The Morgan fingerprint density at radius 3 is 2.74 bits per heavy atom. The van der Waals surface area contributed by atoms with E-state index in [0.29, 0.717) is 0 Å². The molecule has 0 saturated heterocycles. The van der Waals surface area contributed by atoms with Gasteiger partial charge < -0.3 is 0 Å². The zero-order valence-electron chi connectivity index (χ0n) is 11.3. The molecule has 1 aliphatic heterocycles. The standard InChI is InChI=1S/C17H16N2/c1-11-6-4-8-15-17(11)12(2)10-16(19-15)14-7-5-9-18-13(14)3/h4-9H,2,10H2,1,3H3. The van der Waals surface area contributed by atoms with Crippen molar-refractivity contribution < 1.29 is 0 Å². The minimum atomic E-state index is 0.796. The van der Waals surface area contributed by atoms with Crippen LogP contribution in [-0.2, 0) is 0 Å². The van der Waals surface area contributed by atoms with E-state index < -0.39 is 0 Å². The molecule has 0 amide bonds. The van der Waals surface area contributed by atoms with Crippen LogP contribution in [0.2, 0.25) is 0 Å². The summed E-state index contributed by atoms with van der Waals surface area (Å²) in [5, 5.41) is 0. The van der Waals surface area contributed by atoms with Gasteiger partial charge in [-0.1, -0.05) is 18.7 Å². The third-order valence-electron chi connectivity index (χ3n) is 3.56. The van der Waals surface area contributed by atoms with E-state index in [1.165, 1.54) is 11.1 Å². The highest BCUT2D eigenvalue weighted by Gasteiger charge is 2.19. The van der Waals surface area contributed by atoms with Crippen LogP contribution in [0.5, 0.6) is 0 Å². The van der Waals surface area contributed by atoms with Gasteiger partial charge in [0.2, 0.25) is 0 Å². The average molecular weight is 248 g/mol. The Hall–Kier alpha value is -2.22. The van der Waals surface area contributed by atoms with Crippen LogP contribution < -0.4 is 0 Å². The Kier molecular flexibility index (Phi) is 2.79. The molecule has 0 bridgehead atoms. The zero-order valence-corrected chi connectivity index (χ0v) is 11.3. The minimum Gasteiger partial charge on any atom is -0.261 e. The summed E-state index contributed by atoms with van der Waals surface area (Å²) in [5.41, 5.74) is 7.81. The molecule has 3 rings (SSSR count). The number of aryl methyl sites for hydroxylation is 2. The van der Waals surface area contributed by atoms with Crippen LogP contribution in [0.3, 0.4) is 0 Å². The van der Waals surface area contributed by atoms with Crippen LogP contribution in [-0.4, -0.2) is 10.7 Å². The minimum absolute atomic E-state index is 0.796. The Labute approximate surface area is 113 Å². The number of pyridine rings is 1. The van der Waals surface area contributed by atoms with Gasteiger partial charge in [0.25, 0.3) is 0 Å². The maximum absolute atomic E-state index is 4.80. The molecule has 1 aromatic carbocycles. The third kappa shape index (κ3) is 1.99. The average Bonchev–Trinajstić information content (AvgIpc) is 2.39. The van der Waals surface area contributed by atoms with Gasteiger partial charge in [0.05, 0.1) is 11.4 Å². The first-order valence-electron chi connectivity index (χ1n) is 6.44. The summed E-state index contributed by atoms with van der Waals surface area (Å²) in [7, 11) is 0. The van der Waals surface area contributed by atoms with Gasteiger partial charge in [-0.3, -0.25) is 9.98 Å². The van der Waals surface area contributed by atoms with Crippen LogP contribution in [0, 0.1) is 13.8 Å². The normalized spacial score (nSPS) is 14.0. The van der Waals surface area contributed by atoms with Crippen molar-refractivity contribution >= 4 is 17.0 Å².